The number of hydrogen-bond donors (Lipinski definition) is 1. The van der Waals surface area contributed by atoms with Crippen molar-refractivity contribution >= 4 is 34.9 Å². The minimum atomic E-state index is -0.640. The number of benzene rings is 1. The summed E-state index contributed by atoms with van der Waals surface area (Å²) < 4.78 is 5.05. The van der Waals surface area contributed by atoms with Crippen molar-refractivity contribution in [3.05, 3.63) is 41.0 Å². The summed E-state index contributed by atoms with van der Waals surface area (Å²) in [7, 11) is 0. The molecule has 1 saturated heterocycles. The minimum Gasteiger partial charge on any atom is -0.465 e. The summed E-state index contributed by atoms with van der Waals surface area (Å²) in [5, 5.41) is 3.01. The highest BCUT2D eigenvalue weighted by atomic mass is 32.1. The molecule has 1 fully saturated rings. The van der Waals surface area contributed by atoms with Crippen molar-refractivity contribution < 1.29 is 14.3 Å². The number of esters is 1. The van der Waals surface area contributed by atoms with E-state index in [-0.39, 0.29) is 5.78 Å². The Morgan fingerprint density at radius 2 is 2.13 bits per heavy atom. The van der Waals surface area contributed by atoms with Gasteiger partial charge in [-0.15, -0.1) is 0 Å². The van der Waals surface area contributed by atoms with Gasteiger partial charge < -0.3 is 4.74 Å². The van der Waals surface area contributed by atoms with Gasteiger partial charge in [0.15, 0.2) is 0 Å². The second kappa shape index (κ2) is 6.72. The van der Waals surface area contributed by atoms with Crippen LogP contribution in [0.25, 0.3) is 6.08 Å². The van der Waals surface area contributed by atoms with E-state index in [0.717, 1.165) is 12.0 Å². The largest absolute Gasteiger partial charge is 0.465 e. The molecule has 1 heterocycles. The maximum atomic E-state index is 12.7. The Balaban J connectivity index is 1.70. The molecule has 0 saturated carbocycles. The molecule has 1 aliphatic heterocycles. The molecule has 4 nitrogen and oxygen atoms in total. The van der Waals surface area contributed by atoms with E-state index in [1.807, 2.05) is 12.1 Å². The van der Waals surface area contributed by atoms with Crippen LogP contribution in [0.4, 0.5) is 0 Å². The minimum absolute atomic E-state index is 0.00268. The van der Waals surface area contributed by atoms with E-state index >= 15 is 0 Å². The average molecular weight is 329 g/mol. The Morgan fingerprint density at radius 3 is 2.87 bits per heavy atom. The summed E-state index contributed by atoms with van der Waals surface area (Å²) in [4.78, 5) is 25.3. The van der Waals surface area contributed by atoms with Crippen molar-refractivity contribution in [3.63, 3.8) is 0 Å². The van der Waals surface area contributed by atoms with Gasteiger partial charge in [-0.25, -0.2) is 0 Å². The van der Waals surface area contributed by atoms with Gasteiger partial charge in [0.2, 0.25) is 0 Å². The zero-order valence-electron chi connectivity index (χ0n) is 13.0. The Bertz CT molecular complexity index is 695. The monoisotopic (exact) mass is 329 g/mol. The molecule has 1 N–H and O–H groups in total. The van der Waals surface area contributed by atoms with Crippen molar-refractivity contribution in [1.82, 2.24) is 5.32 Å². The first-order chi connectivity index (χ1) is 11.1. The van der Waals surface area contributed by atoms with E-state index in [1.54, 1.807) is 6.92 Å². The summed E-state index contributed by atoms with van der Waals surface area (Å²) in [5.41, 5.74) is 3.49. The first-order valence-corrected chi connectivity index (χ1v) is 8.23. The third-order valence-electron chi connectivity index (χ3n) is 4.30. The third-order valence-corrected chi connectivity index (χ3v) is 4.70. The molecule has 2 aliphatic rings. The average Bonchev–Trinajstić information content (AvgIpc) is 3.10. The van der Waals surface area contributed by atoms with Crippen LogP contribution in [-0.2, 0) is 20.7 Å². The van der Waals surface area contributed by atoms with Crippen molar-refractivity contribution in [2.24, 2.45) is 5.92 Å². The van der Waals surface area contributed by atoms with E-state index in [0.29, 0.717) is 24.4 Å². The van der Waals surface area contributed by atoms with Gasteiger partial charge in [-0.2, -0.15) is 0 Å². The summed E-state index contributed by atoms with van der Waals surface area (Å²) in [6.45, 7) is 2.46. The van der Waals surface area contributed by atoms with Crippen molar-refractivity contribution in [2.75, 3.05) is 13.2 Å². The molecule has 0 radical (unpaired) electrons. The highest BCUT2D eigenvalue weighted by molar-refractivity contribution is 7.80. The van der Waals surface area contributed by atoms with Gasteiger partial charge in [0.25, 0.3) is 0 Å². The van der Waals surface area contributed by atoms with Crippen molar-refractivity contribution in [2.45, 2.75) is 25.8 Å². The van der Waals surface area contributed by atoms with Crippen LogP contribution in [0.3, 0.4) is 0 Å². The van der Waals surface area contributed by atoms with Crippen LogP contribution in [0, 0.1) is 5.92 Å². The molecule has 0 amide bonds. The number of ether oxygens (including phenoxy) is 1. The number of nitrogens with one attached hydrogen (secondary N) is 1. The predicted molar refractivity (Wildman–Crippen MR) is 92.3 cm³/mol. The second-order valence-corrected chi connectivity index (χ2v) is 6.40. The normalized spacial score (nSPS) is 22.7. The Hall–Kier alpha value is -1.85. The number of hydrogen-bond acceptors (Lipinski definition) is 5. The zero-order valence-corrected chi connectivity index (χ0v) is 13.8. The number of rotatable bonds is 5. The lowest BCUT2D eigenvalue weighted by molar-refractivity contribution is -0.147. The molecule has 3 rings (SSSR count). The molecule has 1 aromatic carbocycles. The van der Waals surface area contributed by atoms with E-state index in [1.165, 1.54) is 11.1 Å². The molecule has 23 heavy (non-hydrogen) atoms. The number of Topliss-reactive ketones (excluding diaryl/α,β-unsaturated/α-hetero) is 1. The molecule has 120 valence electrons. The predicted octanol–water partition coefficient (Wildman–Crippen LogP) is 2.11. The Labute approximate surface area is 140 Å². The number of carbonyl (C=O) groups is 2. The summed E-state index contributed by atoms with van der Waals surface area (Å²) >= 11 is 5.30. The quantitative estimate of drug-likeness (QED) is 0.662. The number of carbonyl (C=O) groups excluding carboxylic acids is 2. The fraction of sp³-hybridized carbons (Fsp3) is 0.389. The molecule has 1 aliphatic carbocycles. The SMILES string of the molecule is CCOC(=O)[C@H]1NCC(=S)C1C(=O)CC1=Cc2ccccc2C1. The summed E-state index contributed by atoms with van der Waals surface area (Å²) in [6, 6.07) is 7.49. The number of ketones is 1. The first-order valence-electron chi connectivity index (χ1n) is 7.83. The highest BCUT2D eigenvalue weighted by Crippen LogP contribution is 2.29. The topological polar surface area (TPSA) is 55.4 Å². The number of fused-ring (bicyclic) bond motifs is 1. The third kappa shape index (κ3) is 3.26. The number of thiocarbonyl (C=S) groups is 1. The van der Waals surface area contributed by atoms with Crippen LogP contribution >= 0.6 is 12.2 Å². The van der Waals surface area contributed by atoms with Gasteiger partial charge in [0.05, 0.1) is 12.5 Å². The van der Waals surface area contributed by atoms with Gasteiger partial charge >= 0.3 is 5.97 Å². The maximum Gasteiger partial charge on any atom is 0.324 e. The lowest BCUT2D eigenvalue weighted by Gasteiger charge is -2.17. The van der Waals surface area contributed by atoms with E-state index in [2.05, 4.69) is 23.5 Å². The van der Waals surface area contributed by atoms with Gasteiger partial charge in [0, 0.05) is 17.8 Å². The van der Waals surface area contributed by atoms with Crippen LogP contribution in [0.1, 0.15) is 24.5 Å². The van der Waals surface area contributed by atoms with Crippen LogP contribution in [-0.4, -0.2) is 35.8 Å². The summed E-state index contributed by atoms with van der Waals surface area (Å²) in [5.74, 6) is -0.958. The Kier molecular flexibility index (Phi) is 4.68. The van der Waals surface area contributed by atoms with Crippen molar-refractivity contribution in [3.8, 4) is 0 Å². The molecular formula is C18H19NO3S. The molecule has 0 bridgehead atoms. The first kappa shape index (κ1) is 16.0. The fourth-order valence-corrected chi connectivity index (χ4v) is 3.59. The van der Waals surface area contributed by atoms with Crippen LogP contribution < -0.4 is 5.32 Å². The fourth-order valence-electron chi connectivity index (χ4n) is 3.24. The highest BCUT2D eigenvalue weighted by Gasteiger charge is 2.42. The smallest absolute Gasteiger partial charge is 0.324 e. The molecule has 0 spiro atoms. The lowest BCUT2D eigenvalue weighted by Crippen LogP contribution is -2.41. The standard InChI is InChI=1S/C18H19NO3S/c1-2-22-18(21)17-16(15(23)10-19-17)14(20)9-11-7-12-5-3-4-6-13(12)8-11/h3-7,16-17,19H,2,8-10H2,1H3/t16?,17-/m0/s1. The van der Waals surface area contributed by atoms with Crippen molar-refractivity contribution in [1.29, 1.82) is 0 Å². The van der Waals surface area contributed by atoms with Gasteiger partial charge in [-0.05, 0) is 24.5 Å². The molecule has 2 atom stereocenters. The molecule has 1 unspecified atom stereocenters. The van der Waals surface area contributed by atoms with Crippen LogP contribution in [0.15, 0.2) is 29.8 Å². The maximum absolute atomic E-state index is 12.7. The molecular weight excluding hydrogens is 310 g/mol. The van der Waals surface area contributed by atoms with Crippen LogP contribution in [0.5, 0.6) is 0 Å². The zero-order chi connectivity index (χ0) is 16.4. The molecule has 0 aromatic heterocycles. The van der Waals surface area contributed by atoms with Gasteiger partial charge in [0.1, 0.15) is 11.8 Å². The number of allylic oxidation sites excluding steroid dienone is 1. The van der Waals surface area contributed by atoms with E-state index in [4.69, 9.17) is 17.0 Å². The Morgan fingerprint density at radius 1 is 1.35 bits per heavy atom. The molecule has 1 aromatic rings. The van der Waals surface area contributed by atoms with Gasteiger partial charge in [-0.1, -0.05) is 48.1 Å². The van der Waals surface area contributed by atoms with E-state index < -0.39 is 17.9 Å². The van der Waals surface area contributed by atoms with Crippen LogP contribution in [0.2, 0.25) is 0 Å². The van der Waals surface area contributed by atoms with E-state index in [9.17, 15) is 9.59 Å². The second-order valence-electron chi connectivity index (χ2n) is 5.88. The summed E-state index contributed by atoms with van der Waals surface area (Å²) in [6.07, 6.45) is 3.19. The lowest BCUT2D eigenvalue weighted by atomic mass is 9.91. The van der Waals surface area contributed by atoms with Gasteiger partial charge in [-0.3, -0.25) is 14.9 Å². The molecule has 5 heteroatoms.